The second-order valence-corrected chi connectivity index (χ2v) is 6.51. The number of aliphatic hydroxyl groups is 1. The SMILES string of the molecule is O=c1c(Cl)c(NC(CCO)c2cccs2)cnn1-c1ccccc1. The van der Waals surface area contributed by atoms with Crippen LogP contribution in [-0.2, 0) is 0 Å². The van der Waals surface area contributed by atoms with Gasteiger partial charge in [0, 0.05) is 11.5 Å². The molecule has 2 aromatic heterocycles. The Morgan fingerprint density at radius 2 is 2.04 bits per heavy atom. The van der Waals surface area contributed by atoms with Gasteiger partial charge < -0.3 is 10.4 Å². The van der Waals surface area contributed by atoms with Gasteiger partial charge >= 0.3 is 0 Å². The Kier molecular flexibility index (Phi) is 5.30. The van der Waals surface area contributed by atoms with Gasteiger partial charge in [-0.1, -0.05) is 35.9 Å². The molecule has 0 aliphatic rings. The van der Waals surface area contributed by atoms with Crippen LogP contribution in [0.15, 0.2) is 58.8 Å². The maximum absolute atomic E-state index is 12.5. The standard InChI is InChI=1S/C17H16ClN3O2S/c18-16-14(20-13(8-9-22)15-7-4-10-24-15)11-19-21(17(16)23)12-5-2-1-3-6-12/h1-7,10-11,13,20,22H,8-9H2. The van der Waals surface area contributed by atoms with E-state index in [4.69, 9.17) is 11.6 Å². The minimum atomic E-state index is -0.387. The summed E-state index contributed by atoms with van der Waals surface area (Å²) in [5, 5.41) is 18.7. The van der Waals surface area contributed by atoms with Crippen LogP contribution >= 0.6 is 22.9 Å². The van der Waals surface area contributed by atoms with Crippen molar-refractivity contribution in [3.8, 4) is 5.69 Å². The van der Waals surface area contributed by atoms with Gasteiger partial charge in [-0.15, -0.1) is 11.3 Å². The van der Waals surface area contributed by atoms with Gasteiger partial charge in [0.15, 0.2) is 0 Å². The van der Waals surface area contributed by atoms with Crippen molar-refractivity contribution < 1.29 is 5.11 Å². The lowest BCUT2D eigenvalue weighted by molar-refractivity contribution is 0.280. The largest absolute Gasteiger partial charge is 0.396 e. The summed E-state index contributed by atoms with van der Waals surface area (Å²) in [7, 11) is 0. The fraction of sp³-hybridized carbons (Fsp3) is 0.176. The Balaban J connectivity index is 1.92. The second kappa shape index (κ2) is 7.61. The van der Waals surface area contributed by atoms with Crippen molar-refractivity contribution in [3.05, 3.63) is 74.3 Å². The molecule has 3 aromatic rings. The monoisotopic (exact) mass is 361 g/mol. The Hall–Kier alpha value is -2.15. The molecule has 0 amide bonds. The van der Waals surface area contributed by atoms with E-state index in [-0.39, 0.29) is 23.2 Å². The number of aliphatic hydroxyl groups excluding tert-OH is 1. The summed E-state index contributed by atoms with van der Waals surface area (Å²) in [4.78, 5) is 13.6. The molecule has 0 aliphatic carbocycles. The molecule has 0 saturated carbocycles. The van der Waals surface area contributed by atoms with Gasteiger partial charge in [0.1, 0.15) is 5.02 Å². The molecule has 0 fully saturated rings. The fourth-order valence-electron chi connectivity index (χ4n) is 2.38. The predicted octanol–water partition coefficient (Wildman–Crippen LogP) is 3.48. The summed E-state index contributed by atoms with van der Waals surface area (Å²) in [5.41, 5.74) is 0.726. The zero-order valence-corrected chi connectivity index (χ0v) is 14.3. The van der Waals surface area contributed by atoms with Crippen LogP contribution in [0.3, 0.4) is 0 Å². The first-order valence-corrected chi connectivity index (χ1v) is 8.70. The molecule has 1 unspecified atom stereocenters. The molecule has 0 aliphatic heterocycles. The smallest absolute Gasteiger partial charge is 0.292 e. The molecule has 0 saturated heterocycles. The molecule has 2 heterocycles. The highest BCUT2D eigenvalue weighted by Crippen LogP contribution is 2.28. The maximum atomic E-state index is 12.5. The summed E-state index contributed by atoms with van der Waals surface area (Å²) in [5.74, 6) is 0. The minimum Gasteiger partial charge on any atom is -0.396 e. The number of nitrogens with one attached hydrogen (secondary N) is 1. The number of thiophene rings is 1. The van der Waals surface area contributed by atoms with Gasteiger partial charge in [0.25, 0.3) is 5.56 Å². The van der Waals surface area contributed by atoms with E-state index in [1.54, 1.807) is 23.5 Å². The Morgan fingerprint density at radius 1 is 1.25 bits per heavy atom. The van der Waals surface area contributed by atoms with Crippen molar-refractivity contribution in [2.75, 3.05) is 11.9 Å². The number of para-hydroxylation sites is 1. The van der Waals surface area contributed by atoms with Gasteiger partial charge in [0.2, 0.25) is 0 Å². The molecule has 3 rings (SSSR count). The van der Waals surface area contributed by atoms with E-state index in [0.717, 1.165) is 4.88 Å². The maximum Gasteiger partial charge on any atom is 0.292 e. The van der Waals surface area contributed by atoms with Crippen molar-refractivity contribution in [1.29, 1.82) is 0 Å². The third kappa shape index (κ3) is 3.51. The van der Waals surface area contributed by atoms with E-state index in [0.29, 0.717) is 17.8 Å². The van der Waals surface area contributed by atoms with E-state index in [1.165, 1.54) is 10.9 Å². The number of aromatic nitrogens is 2. The molecule has 0 spiro atoms. The van der Waals surface area contributed by atoms with Crippen molar-refractivity contribution in [1.82, 2.24) is 9.78 Å². The zero-order chi connectivity index (χ0) is 16.9. The molecule has 0 bridgehead atoms. The third-order valence-corrected chi connectivity index (χ3v) is 4.91. The normalized spacial score (nSPS) is 12.1. The van der Waals surface area contributed by atoms with Gasteiger partial charge in [-0.25, -0.2) is 0 Å². The number of nitrogens with zero attached hydrogens (tertiary/aromatic N) is 2. The Bertz CT molecular complexity index is 850. The summed E-state index contributed by atoms with van der Waals surface area (Å²) in [6.45, 7) is 0.0295. The highest BCUT2D eigenvalue weighted by Gasteiger charge is 2.16. The van der Waals surface area contributed by atoms with E-state index in [9.17, 15) is 9.90 Å². The van der Waals surface area contributed by atoms with Crippen LogP contribution in [0.1, 0.15) is 17.3 Å². The third-order valence-electron chi connectivity index (χ3n) is 3.55. The van der Waals surface area contributed by atoms with E-state index in [2.05, 4.69) is 10.4 Å². The lowest BCUT2D eigenvalue weighted by Crippen LogP contribution is -2.23. The number of halogens is 1. The van der Waals surface area contributed by atoms with Crippen molar-refractivity contribution in [3.63, 3.8) is 0 Å². The van der Waals surface area contributed by atoms with Gasteiger partial charge in [-0.2, -0.15) is 9.78 Å². The predicted molar refractivity (Wildman–Crippen MR) is 97.2 cm³/mol. The first-order chi connectivity index (χ1) is 11.7. The van der Waals surface area contributed by atoms with E-state index >= 15 is 0 Å². The summed E-state index contributed by atoms with van der Waals surface area (Å²) in [6, 6.07) is 12.9. The Morgan fingerprint density at radius 3 is 2.71 bits per heavy atom. The van der Waals surface area contributed by atoms with Crippen LogP contribution in [0.4, 0.5) is 5.69 Å². The quantitative estimate of drug-likeness (QED) is 0.705. The van der Waals surface area contributed by atoms with Crippen LogP contribution in [0, 0.1) is 0 Å². The first-order valence-electron chi connectivity index (χ1n) is 7.44. The average molecular weight is 362 g/mol. The number of benzene rings is 1. The van der Waals surface area contributed by atoms with Crippen LogP contribution in [0.2, 0.25) is 5.02 Å². The molecular formula is C17H16ClN3O2S. The molecule has 124 valence electrons. The number of anilines is 1. The highest BCUT2D eigenvalue weighted by molar-refractivity contribution is 7.10. The molecule has 1 atom stereocenters. The topological polar surface area (TPSA) is 67.2 Å². The molecule has 0 radical (unpaired) electrons. The highest BCUT2D eigenvalue weighted by atomic mass is 35.5. The van der Waals surface area contributed by atoms with Crippen LogP contribution < -0.4 is 10.9 Å². The van der Waals surface area contributed by atoms with Crippen LogP contribution in [0.25, 0.3) is 5.69 Å². The van der Waals surface area contributed by atoms with Gasteiger partial charge in [0.05, 0.1) is 23.6 Å². The van der Waals surface area contributed by atoms with Gasteiger partial charge in [-0.05, 0) is 30.0 Å². The van der Waals surface area contributed by atoms with Crippen LogP contribution in [0.5, 0.6) is 0 Å². The molecule has 1 aromatic carbocycles. The lowest BCUT2D eigenvalue weighted by atomic mass is 10.1. The van der Waals surface area contributed by atoms with E-state index < -0.39 is 0 Å². The minimum absolute atomic E-state index is 0.0295. The molecule has 5 nitrogen and oxygen atoms in total. The fourth-order valence-corrected chi connectivity index (χ4v) is 3.37. The van der Waals surface area contributed by atoms with Crippen molar-refractivity contribution in [2.45, 2.75) is 12.5 Å². The molecule has 7 heteroatoms. The molecule has 24 heavy (non-hydrogen) atoms. The summed E-state index contributed by atoms with van der Waals surface area (Å²) >= 11 is 7.84. The van der Waals surface area contributed by atoms with Crippen molar-refractivity contribution in [2.24, 2.45) is 0 Å². The summed E-state index contributed by atoms with van der Waals surface area (Å²) < 4.78 is 1.26. The number of hydrogen-bond donors (Lipinski definition) is 2. The average Bonchev–Trinajstić information content (AvgIpc) is 3.14. The second-order valence-electron chi connectivity index (χ2n) is 5.15. The molecule has 2 N–H and O–H groups in total. The lowest BCUT2D eigenvalue weighted by Gasteiger charge is -2.18. The Labute approximate surface area is 148 Å². The van der Waals surface area contributed by atoms with Crippen molar-refractivity contribution >= 4 is 28.6 Å². The summed E-state index contributed by atoms with van der Waals surface area (Å²) in [6.07, 6.45) is 2.05. The number of rotatable bonds is 6. The van der Waals surface area contributed by atoms with Gasteiger partial charge in [-0.3, -0.25) is 4.79 Å². The van der Waals surface area contributed by atoms with E-state index in [1.807, 2.05) is 35.7 Å². The first kappa shape index (κ1) is 16.7. The van der Waals surface area contributed by atoms with Crippen LogP contribution in [-0.4, -0.2) is 21.5 Å². The zero-order valence-electron chi connectivity index (χ0n) is 12.7. The number of hydrogen-bond acceptors (Lipinski definition) is 5. The molecular weight excluding hydrogens is 346 g/mol.